The Labute approximate surface area is 186 Å². The Bertz CT molecular complexity index is 944. The highest BCUT2D eigenvalue weighted by Crippen LogP contribution is 2.44. The standard InChI is InChI=1S/C24H28N2O6/c1-14(2)21(23(28)29)26-22(27)20(31-3)12-25-24(30)32-13-19-17-10-6-4-8-15(17)16-9-5-7-11-18(16)19/h4-11,14,19-21H,12-13H2,1-3H3,(H,25,30)(H,26,27)(H,28,29)/t20?,21-/m0/s1. The number of fused-ring (bicyclic) bond motifs is 3. The summed E-state index contributed by atoms with van der Waals surface area (Å²) in [5.74, 6) is -2.12. The van der Waals surface area contributed by atoms with Gasteiger partial charge in [0.25, 0.3) is 5.91 Å². The van der Waals surface area contributed by atoms with Crippen molar-refractivity contribution in [3.63, 3.8) is 0 Å². The number of carbonyl (C=O) groups is 3. The highest BCUT2D eigenvalue weighted by molar-refractivity contribution is 5.87. The molecule has 0 aliphatic heterocycles. The van der Waals surface area contributed by atoms with Crippen molar-refractivity contribution >= 4 is 18.0 Å². The molecule has 0 radical (unpaired) electrons. The van der Waals surface area contributed by atoms with E-state index in [1.54, 1.807) is 13.8 Å². The van der Waals surface area contributed by atoms with Crippen LogP contribution >= 0.6 is 0 Å². The van der Waals surface area contributed by atoms with Crippen molar-refractivity contribution in [3.8, 4) is 11.1 Å². The molecule has 2 atom stereocenters. The molecule has 32 heavy (non-hydrogen) atoms. The average molecular weight is 440 g/mol. The number of nitrogens with one attached hydrogen (secondary N) is 2. The molecule has 0 fully saturated rings. The summed E-state index contributed by atoms with van der Waals surface area (Å²) in [5, 5.41) is 14.2. The quantitative estimate of drug-likeness (QED) is 0.553. The summed E-state index contributed by atoms with van der Waals surface area (Å²) in [6.07, 6.45) is -1.73. The second-order valence-corrected chi connectivity index (χ2v) is 8.00. The zero-order chi connectivity index (χ0) is 23.3. The van der Waals surface area contributed by atoms with Crippen molar-refractivity contribution in [1.29, 1.82) is 0 Å². The van der Waals surface area contributed by atoms with Crippen molar-refractivity contribution in [1.82, 2.24) is 10.6 Å². The molecular weight excluding hydrogens is 412 g/mol. The molecule has 3 N–H and O–H groups in total. The first-order chi connectivity index (χ1) is 15.3. The number of methoxy groups -OCH3 is 1. The van der Waals surface area contributed by atoms with Gasteiger partial charge in [-0.05, 0) is 28.2 Å². The smallest absolute Gasteiger partial charge is 0.407 e. The Morgan fingerprint density at radius 1 is 1.00 bits per heavy atom. The maximum Gasteiger partial charge on any atom is 0.407 e. The summed E-state index contributed by atoms with van der Waals surface area (Å²) in [6, 6.07) is 15.0. The van der Waals surface area contributed by atoms with Crippen LogP contribution in [0.15, 0.2) is 48.5 Å². The Morgan fingerprint density at radius 2 is 1.56 bits per heavy atom. The fourth-order valence-electron chi connectivity index (χ4n) is 3.87. The van der Waals surface area contributed by atoms with Gasteiger partial charge in [-0.3, -0.25) is 4.79 Å². The molecule has 0 saturated carbocycles. The molecule has 2 aromatic rings. The van der Waals surface area contributed by atoms with Crippen molar-refractivity contribution < 1.29 is 29.0 Å². The number of hydrogen-bond donors (Lipinski definition) is 3. The van der Waals surface area contributed by atoms with Crippen LogP contribution in [0.1, 0.15) is 30.9 Å². The van der Waals surface area contributed by atoms with Crippen molar-refractivity contribution in [2.45, 2.75) is 31.9 Å². The first kappa shape index (κ1) is 23.3. The van der Waals surface area contributed by atoms with E-state index in [4.69, 9.17) is 9.47 Å². The number of carbonyl (C=O) groups excluding carboxylic acids is 2. The fourth-order valence-corrected chi connectivity index (χ4v) is 3.87. The number of aliphatic carboxylic acids is 1. The molecule has 0 bridgehead atoms. The summed E-state index contributed by atoms with van der Waals surface area (Å²) in [4.78, 5) is 35.9. The number of carboxylic acids is 1. The number of ether oxygens (including phenoxy) is 2. The minimum atomic E-state index is -1.13. The summed E-state index contributed by atoms with van der Waals surface area (Å²) in [5.41, 5.74) is 4.46. The maximum atomic E-state index is 12.4. The van der Waals surface area contributed by atoms with Crippen molar-refractivity contribution in [2.24, 2.45) is 5.92 Å². The molecule has 1 aliphatic carbocycles. The molecule has 2 aromatic carbocycles. The van der Waals surface area contributed by atoms with Gasteiger partial charge in [0, 0.05) is 13.0 Å². The average Bonchev–Trinajstić information content (AvgIpc) is 3.09. The van der Waals surface area contributed by atoms with Gasteiger partial charge in [-0.1, -0.05) is 62.4 Å². The predicted molar refractivity (Wildman–Crippen MR) is 118 cm³/mol. The van der Waals surface area contributed by atoms with Gasteiger partial charge < -0.3 is 25.2 Å². The lowest BCUT2D eigenvalue weighted by molar-refractivity contribution is -0.145. The topological polar surface area (TPSA) is 114 Å². The van der Waals surface area contributed by atoms with E-state index >= 15 is 0 Å². The molecule has 1 aliphatic rings. The monoisotopic (exact) mass is 440 g/mol. The van der Waals surface area contributed by atoms with Crippen LogP contribution in [0.25, 0.3) is 11.1 Å². The lowest BCUT2D eigenvalue weighted by Crippen LogP contribution is -2.51. The van der Waals surface area contributed by atoms with Crippen LogP contribution < -0.4 is 10.6 Å². The van der Waals surface area contributed by atoms with Crippen LogP contribution in [-0.4, -0.2) is 55.5 Å². The Balaban J connectivity index is 1.56. The van der Waals surface area contributed by atoms with Gasteiger partial charge in [0.05, 0.1) is 6.54 Å². The minimum absolute atomic E-state index is 0.0722. The van der Waals surface area contributed by atoms with Crippen LogP contribution in [0.5, 0.6) is 0 Å². The number of alkyl carbamates (subject to hydrolysis) is 1. The fraction of sp³-hybridized carbons (Fsp3) is 0.375. The molecule has 8 nitrogen and oxygen atoms in total. The normalized spacial score (nSPS) is 14.2. The molecular formula is C24H28N2O6. The van der Waals surface area contributed by atoms with Crippen LogP contribution in [0.2, 0.25) is 0 Å². The van der Waals surface area contributed by atoms with Gasteiger partial charge in [-0.2, -0.15) is 0 Å². The highest BCUT2D eigenvalue weighted by Gasteiger charge is 2.30. The van der Waals surface area contributed by atoms with Crippen LogP contribution in [0, 0.1) is 5.92 Å². The van der Waals surface area contributed by atoms with E-state index in [9.17, 15) is 19.5 Å². The Kier molecular flexibility index (Phi) is 7.48. The number of benzene rings is 2. The Morgan fingerprint density at radius 3 is 2.06 bits per heavy atom. The van der Waals surface area contributed by atoms with E-state index in [0.29, 0.717) is 0 Å². The molecule has 0 aromatic heterocycles. The highest BCUT2D eigenvalue weighted by atomic mass is 16.5. The summed E-state index contributed by atoms with van der Waals surface area (Å²) >= 11 is 0. The van der Waals surface area contributed by atoms with E-state index in [-0.39, 0.29) is 25.0 Å². The second-order valence-electron chi connectivity index (χ2n) is 8.00. The van der Waals surface area contributed by atoms with Crippen molar-refractivity contribution in [2.75, 3.05) is 20.3 Å². The first-order valence-corrected chi connectivity index (χ1v) is 10.5. The third kappa shape index (κ3) is 5.08. The zero-order valence-electron chi connectivity index (χ0n) is 18.3. The number of carboxylic acid groups (broad SMARTS) is 1. The summed E-state index contributed by atoms with van der Waals surface area (Å²) in [6.45, 7) is 3.38. The van der Waals surface area contributed by atoms with Crippen LogP contribution in [-0.2, 0) is 19.1 Å². The van der Waals surface area contributed by atoms with Crippen LogP contribution in [0.3, 0.4) is 0 Å². The minimum Gasteiger partial charge on any atom is -0.480 e. The van der Waals surface area contributed by atoms with Crippen LogP contribution in [0.4, 0.5) is 4.79 Å². The number of rotatable bonds is 9. The van der Waals surface area contributed by atoms with E-state index in [2.05, 4.69) is 22.8 Å². The van der Waals surface area contributed by atoms with Gasteiger partial charge in [-0.25, -0.2) is 9.59 Å². The number of hydrogen-bond acceptors (Lipinski definition) is 5. The van der Waals surface area contributed by atoms with Gasteiger partial charge in [0.1, 0.15) is 12.6 Å². The third-order valence-electron chi connectivity index (χ3n) is 5.58. The molecule has 0 spiro atoms. The summed E-state index contributed by atoms with van der Waals surface area (Å²) < 4.78 is 10.6. The number of amides is 2. The summed E-state index contributed by atoms with van der Waals surface area (Å²) in [7, 11) is 1.31. The SMILES string of the molecule is COC(CNC(=O)OCC1c2ccccc2-c2ccccc21)C(=O)N[C@H](C(=O)O)C(C)C. The predicted octanol–water partition coefficient (Wildman–Crippen LogP) is 2.77. The largest absolute Gasteiger partial charge is 0.480 e. The van der Waals surface area contributed by atoms with E-state index in [0.717, 1.165) is 22.3 Å². The van der Waals surface area contributed by atoms with Gasteiger partial charge in [-0.15, -0.1) is 0 Å². The molecule has 1 unspecified atom stereocenters. The Hall–Kier alpha value is -3.39. The molecule has 0 heterocycles. The molecule has 170 valence electrons. The maximum absolute atomic E-state index is 12.4. The lowest BCUT2D eigenvalue weighted by atomic mass is 9.98. The van der Waals surface area contributed by atoms with E-state index < -0.39 is 30.1 Å². The molecule has 8 heteroatoms. The molecule has 3 rings (SSSR count). The molecule has 2 amide bonds. The van der Waals surface area contributed by atoms with Crippen molar-refractivity contribution in [3.05, 3.63) is 59.7 Å². The lowest BCUT2D eigenvalue weighted by Gasteiger charge is -2.22. The van der Waals surface area contributed by atoms with E-state index in [1.807, 2.05) is 36.4 Å². The zero-order valence-corrected chi connectivity index (χ0v) is 18.3. The first-order valence-electron chi connectivity index (χ1n) is 10.5. The third-order valence-corrected chi connectivity index (χ3v) is 5.58. The van der Waals surface area contributed by atoms with Gasteiger partial charge >= 0.3 is 12.1 Å². The second kappa shape index (κ2) is 10.3. The van der Waals surface area contributed by atoms with Gasteiger partial charge in [0.2, 0.25) is 0 Å². The molecule has 0 saturated heterocycles. The van der Waals surface area contributed by atoms with Gasteiger partial charge in [0.15, 0.2) is 6.10 Å². The van der Waals surface area contributed by atoms with E-state index in [1.165, 1.54) is 7.11 Å².